The van der Waals surface area contributed by atoms with Crippen molar-refractivity contribution in [3.63, 3.8) is 0 Å². The first-order valence-corrected chi connectivity index (χ1v) is 7.29. The Morgan fingerprint density at radius 2 is 1.89 bits per heavy atom. The maximum Gasteiger partial charge on any atom is 0.0949 e. The normalized spacial score (nSPS) is 20.9. The summed E-state index contributed by atoms with van der Waals surface area (Å²) in [5.74, 6) is 0.806. The van der Waals surface area contributed by atoms with E-state index in [2.05, 4.69) is 17.4 Å². The molecule has 1 aromatic carbocycles. The van der Waals surface area contributed by atoms with E-state index in [0.29, 0.717) is 0 Å². The molecule has 0 bridgehead atoms. The average molecular weight is 266 g/mol. The predicted octanol–water partition coefficient (Wildman–Crippen LogP) is 3.56. The lowest BCUT2D eigenvalue weighted by molar-refractivity contribution is 0.0450. The van der Waals surface area contributed by atoms with Crippen LogP contribution in [0.5, 0.6) is 0 Å². The highest BCUT2D eigenvalue weighted by molar-refractivity contribution is 6.30. The fourth-order valence-corrected chi connectivity index (χ4v) is 2.17. The quantitative estimate of drug-likeness (QED) is 0.814. The van der Waals surface area contributed by atoms with Gasteiger partial charge in [0.15, 0.2) is 0 Å². The molecule has 0 aliphatic heterocycles. The molecule has 2 saturated carbocycles. The molecule has 18 heavy (non-hydrogen) atoms. The second-order valence-electron chi connectivity index (χ2n) is 5.50. The van der Waals surface area contributed by atoms with Crippen molar-refractivity contribution in [1.29, 1.82) is 0 Å². The van der Waals surface area contributed by atoms with E-state index < -0.39 is 0 Å². The van der Waals surface area contributed by atoms with Gasteiger partial charge in [-0.15, -0.1) is 0 Å². The van der Waals surface area contributed by atoms with Gasteiger partial charge >= 0.3 is 0 Å². The second-order valence-corrected chi connectivity index (χ2v) is 5.94. The average Bonchev–Trinajstić information content (AvgIpc) is 3.26. The van der Waals surface area contributed by atoms with Gasteiger partial charge in [-0.05, 0) is 49.3 Å². The SMILES string of the molecule is Clc1ccc(C(CNC2CC2)OCC2CC2)cc1. The molecule has 3 heteroatoms. The lowest BCUT2D eigenvalue weighted by Gasteiger charge is -2.19. The fraction of sp³-hybridized carbons (Fsp3) is 0.600. The molecule has 1 unspecified atom stereocenters. The van der Waals surface area contributed by atoms with Gasteiger partial charge in [0.1, 0.15) is 0 Å². The molecule has 2 nitrogen and oxygen atoms in total. The van der Waals surface area contributed by atoms with Crippen LogP contribution in [0.3, 0.4) is 0 Å². The van der Waals surface area contributed by atoms with Crippen LogP contribution in [0.25, 0.3) is 0 Å². The fourth-order valence-electron chi connectivity index (χ4n) is 2.05. The molecule has 0 spiro atoms. The Bertz CT molecular complexity index is 368. The molecule has 98 valence electrons. The monoisotopic (exact) mass is 265 g/mol. The van der Waals surface area contributed by atoms with Crippen LogP contribution in [0.15, 0.2) is 24.3 Å². The van der Waals surface area contributed by atoms with Crippen LogP contribution in [-0.2, 0) is 4.74 Å². The zero-order chi connectivity index (χ0) is 12.4. The third kappa shape index (κ3) is 3.71. The third-order valence-corrected chi connectivity index (χ3v) is 3.89. The maximum absolute atomic E-state index is 6.06. The van der Waals surface area contributed by atoms with E-state index in [9.17, 15) is 0 Å². The third-order valence-electron chi connectivity index (χ3n) is 3.64. The summed E-state index contributed by atoms with van der Waals surface area (Å²) in [6, 6.07) is 8.77. The minimum atomic E-state index is 0.170. The molecule has 2 aliphatic carbocycles. The van der Waals surface area contributed by atoms with Gasteiger partial charge in [-0.25, -0.2) is 0 Å². The van der Waals surface area contributed by atoms with Crippen molar-refractivity contribution < 1.29 is 4.74 Å². The van der Waals surface area contributed by atoms with Crippen LogP contribution >= 0.6 is 11.6 Å². The summed E-state index contributed by atoms with van der Waals surface area (Å²) in [5, 5.41) is 4.34. The largest absolute Gasteiger partial charge is 0.372 e. The van der Waals surface area contributed by atoms with Gasteiger partial charge in [0.2, 0.25) is 0 Å². The molecular weight excluding hydrogens is 246 g/mol. The van der Waals surface area contributed by atoms with Crippen molar-refractivity contribution in [2.75, 3.05) is 13.2 Å². The van der Waals surface area contributed by atoms with E-state index in [-0.39, 0.29) is 6.10 Å². The number of rotatable bonds is 7. The van der Waals surface area contributed by atoms with Crippen molar-refractivity contribution >= 4 is 11.6 Å². The van der Waals surface area contributed by atoms with Crippen LogP contribution in [0.4, 0.5) is 0 Å². The molecule has 1 N–H and O–H groups in total. The van der Waals surface area contributed by atoms with E-state index in [1.54, 1.807) is 0 Å². The Kier molecular flexibility index (Phi) is 3.88. The van der Waals surface area contributed by atoms with Crippen LogP contribution < -0.4 is 5.32 Å². The van der Waals surface area contributed by atoms with Crippen LogP contribution in [0.2, 0.25) is 5.02 Å². The Hall–Kier alpha value is -0.570. The van der Waals surface area contributed by atoms with E-state index in [0.717, 1.165) is 30.1 Å². The molecule has 0 amide bonds. The molecule has 2 fully saturated rings. The van der Waals surface area contributed by atoms with E-state index in [4.69, 9.17) is 16.3 Å². The number of ether oxygens (including phenoxy) is 1. The van der Waals surface area contributed by atoms with Gasteiger partial charge in [-0.3, -0.25) is 0 Å². The van der Waals surface area contributed by atoms with Crippen LogP contribution in [0.1, 0.15) is 37.4 Å². The van der Waals surface area contributed by atoms with Gasteiger partial charge in [-0.1, -0.05) is 23.7 Å². The molecule has 3 rings (SSSR count). The Morgan fingerprint density at radius 1 is 1.17 bits per heavy atom. The molecule has 0 heterocycles. The van der Waals surface area contributed by atoms with Crippen LogP contribution in [-0.4, -0.2) is 19.2 Å². The molecule has 1 aromatic rings. The van der Waals surface area contributed by atoms with Gasteiger partial charge in [0, 0.05) is 17.6 Å². The molecule has 0 aromatic heterocycles. The molecule has 2 aliphatic rings. The number of halogens is 1. The first-order valence-electron chi connectivity index (χ1n) is 6.92. The second kappa shape index (κ2) is 5.60. The lowest BCUT2D eigenvalue weighted by Crippen LogP contribution is -2.25. The van der Waals surface area contributed by atoms with E-state index in [1.807, 2.05) is 12.1 Å². The lowest BCUT2D eigenvalue weighted by atomic mass is 10.1. The van der Waals surface area contributed by atoms with Gasteiger partial charge < -0.3 is 10.1 Å². The van der Waals surface area contributed by atoms with Gasteiger partial charge in [0.25, 0.3) is 0 Å². The highest BCUT2D eigenvalue weighted by Gasteiger charge is 2.26. The van der Waals surface area contributed by atoms with E-state index in [1.165, 1.54) is 31.2 Å². The number of benzene rings is 1. The van der Waals surface area contributed by atoms with Crippen molar-refractivity contribution in [1.82, 2.24) is 5.32 Å². The molecule has 0 radical (unpaired) electrons. The smallest absolute Gasteiger partial charge is 0.0949 e. The first kappa shape index (κ1) is 12.5. The summed E-state index contributed by atoms with van der Waals surface area (Å²) in [5.41, 5.74) is 1.23. The number of nitrogens with one attached hydrogen (secondary N) is 1. The molecular formula is C15H20ClNO. The summed E-state index contributed by atoms with van der Waals surface area (Å²) < 4.78 is 6.06. The summed E-state index contributed by atoms with van der Waals surface area (Å²) >= 11 is 5.93. The highest BCUT2D eigenvalue weighted by Crippen LogP contribution is 2.31. The Morgan fingerprint density at radius 3 is 2.50 bits per heavy atom. The summed E-state index contributed by atoms with van der Waals surface area (Å²) in [7, 11) is 0. The summed E-state index contributed by atoms with van der Waals surface area (Å²) in [4.78, 5) is 0. The first-order chi connectivity index (χ1) is 8.81. The highest BCUT2D eigenvalue weighted by atomic mass is 35.5. The molecule has 1 atom stereocenters. The Labute approximate surface area is 114 Å². The topological polar surface area (TPSA) is 21.3 Å². The Balaban J connectivity index is 1.59. The van der Waals surface area contributed by atoms with Gasteiger partial charge in [-0.2, -0.15) is 0 Å². The minimum absolute atomic E-state index is 0.170. The van der Waals surface area contributed by atoms with E-state index >= 15 is 0 Å². The summed E-state index contributed by atoms with van der Waals surface area (Å²) in [6.07, 6.45) is 5.47. The maximum atomic E-state index is 6.06. The zero-order valence-electron chi connectivity index (χ0n) is 10.6. The molecule has 0 saturated heterocycles. The van der Waals surface area contributed by atoms with Crippen LogP contribution in [0, 0.1) is 5.92 Å². The van der Waals surface area contributed by atoms with Crippen molar-refractivity contribution in [2.24, 2.45) is 5.92 Å². The minimum Gasteiger partial charge on any atom is -0.372 e. The number of hydrogen-bond donors (Lipinski definition) is 1. The predicted molar refractivity (Wildman–Crippen MR) is 73.9 cm³/mol. The van der Waals surface area contributed by atoms with Crippen molar-refractivity contribution in [3.05, 3.63) is 34.9 Å². The number of hydrogen-bond acceptors (Lipinski definition) is 2. The van der Waals surface area contributed by atoms with Gasteiger partial charge in [0.05, 0.1) is 12.7 Å². The summed E-state index contributed by atoms with van der Waals surface area (Å²) in [6.45, 7) is 1.82. The zero-order valence-corrected chi connectivity index (χ0v) is 11.3. The standard InChI is InChI=1S/C15H20ClNO/c16-13-5-3-12(4-6-13)15(9-17-14-7-8-14)18-10-11-1-2-11/h3-6,11,14-15,17H,1-2,7-10H2. The van der Waals surface area contributed by atoms with Crippen molar-refractivity contribution in [3.8, 4) is 0 Å². The van der Waals surface area contributed by atoms with Crippen molar-refractivity contribution in [2.45, 2.75) is 37.8 Å².